The first-order chi connectivity index (χ1) is 13.0. The molecule has 0 fully saturated rings. The van der Waals surface area contributed by atoms with Crippen molar-refractivity contribution in [1.82, 2.24) is 9.78 Å². The number of rotatable bonds is 7. The predicted molar refractivity (Wildman–Crippen MR) is 112 cm³/mol. The Morgan fingerprint density at radius 3 is 2.32 bits per heavy atom. The third-order valence-corrected chi connectivity index (χ3v) is 6.16. The number of allylic oxidation sites excluding steroid dienone is 2. The fourth-order valence-electron chi connectivity index (χ4n) is 3.16. The molecule has 0 atom stereocenters. The minimum absolute atomic E-state index is 0.0621. The SMILES string of the molecule is CCCCn1[nH]cc(C(=O)c2ccc(S(C)(=O)=O)c(C(C)=C(C)C)c2C)c1=O. The smallest absolute Gasteiger partial charge is 0.277 e. The number of ketones is 1. The predicted octanol–water partition coefficient (Wildman–Crippen LogP) is 3.73. The van der Waals surface area contributed by atoms with E-state index in [-0.39, 0.29) is 16.0 Å². The molecule has 6 nitrogen and oxygen atoms in total. The summed E-state index contributed by atoms with van der Waals surface area (Å²) < 4.78 is 26.0. The van der Waals surface area contributed by atoms with E-state index < -0.39 is 15.6 Å². The number of carbonyl (C=O) groups excluding carboxylic acids is 1. The summed E-state index contributed by atoms with van der Waals surface area (Å²) in [6, 6.07) is 2.96. The standard InChI is InChI=1S/C21H28N2O4S/c1-7-8-11-23-21(25)17(12-22-23)20(24)16-9-10-18(28(6,26)27)19(15(16)5)14(4)13(2)3/h9-10,12,22H,7-8,11H2,1-6H3. The molecular weight excluding hydrogens is 376 g/mol. The first-order valence-corrected chi connectivity index (χ1v) is 11.2. The quantitative estimate of drug-likeness (QED) is 0.712. The topological polar surface area (TPSA) is 89.0 Å². The normalized spacial score (nSPS) is 11.5. The first kappa shape index (κ1) is 21.9. The molecule has 1 heterocycles. The number of aromatic amines is 1. The zero-order valence-electron chi connectivity index (χ0n) is 17.3. The number of carbonyl (C=O) groups is 1. The highest BCUT2D eigenvalue weighted by atomic mass is 32.2. The maximum absolute atomic E-state index is 13.1. The lowest BCUT2D eigenvalue weighted by Crippen LogP contribution is -2.22. The van der Waals surface area contributed by atoms with Gasteiger partial charge in [0.15, 0.2) is 15.6 Å². The minimum Gasteiger partial charge on any atom is -0.302 e. The Labute approximate surface area is 166 Å². The van der Waals surface area contributed by atoms with Gasteiger partial charge in [-0.25, -0.2) is 8.42 Å². The lowest BCUT2D eigenvalue weighted by atomic mass is 9.92. The van der Waals surface area contributed by atoms with Gasteiger partial charge >= 0.3 is 0 Å². The molecule has 0 spiro atoms. The Bertz CT molecular complexity index is 1100. The van der Waals surface area contributed by atoms with Gasteiger partial charge in [0.2, 0.25) is 0 Å². The molecule has 0 unspecified atom stereocenters. The third kappa shape index (κ3) is 4.19. The van der Waals surface area contributed by atoms with Crippen molar-refractivity contribution in [2.24, 2.45) is 0 Å². The number of H-pyrrole nitrogens is 1. The van der Waals surface area contributed by atoms with E-state index >= 15 is 0 Å². The van der Waals surface area contributed by atoms with Crippen molar-refractivity contribution in [3.63, 3.8) is 0 Å². The van der Waals surface area contributed by atoms with Crippen molar-refractivity contribution in [1.29, 1.82) is 0 Å². The Morgan fingerprint density at radius 1 is 1.14 bits per heavy atom. The van der Waals surface area contributed by atoms with Crippen molar-refractivity contribution in [2.45, 2.75) is 58.9 Å². The number of hydrogen-bond donors (Lipinski definition) is 1. The summed E-state index contributed by atoms with van der Waals surface area (Å²) >= 11 is 0. The zero-order valence-corrected chi connectivity index (χ0v) is 18.2. The summed E-state index contributed by atoms with van der Waals surface area (Å²) in [5, 5.41) is 2.85. The van der Waals surface area contributed by atoms with Gasteiger partial charge in [0, 0.05) is 24.6 Å². The van der Waals surface area contributed by atoms with E-state index in [0.717, 1.165) is 30.2 Å². The molecule has 0 saturated heterocycles. The lowest BCUT2D eigenvalue weighted by Gasteiger charge is -2.16. The van der Waals surface area contributed by atoms with Gasteiger partial charge in [0.1, 0.15) is 5.56 Å². The molecule has 0 saturated carbocycles. The van der Waals surface area contributed by atoms with E-state index in [9.17, 15) is 18.0 Å². The van der Waals surface area contributed by atoms with Gasteiger partial charge in [-0.3, -0.25) is 14.3 Å². The van der Waals surface area contributed by atoms with Gasteiger partial charge in [-0.1, -0.05) is 18.9 Å². The van der Waals surface area contributed by atoms with Gasteiger partial charge in [-0.2, -0.15) is 0 Å². The Morgan fingerprint density at radius 2 is 1.79 bits per heavy atom. The Hall–Kier alpha value is -2.41. The maximum atomic E-state index is 13.1. The summed E-state index contributed by atoms with van der Waals surface area (Å²) in [6.45, 7) is 9.92. The van der Waals surface area contributed by atoms with Crippen LogP contribution in [0.5, 0.6) is 0 Å². The van der Waals surface area contributed by atoms with Gasteiger partial charge in [0.25, 0.3) is 5.56 Å². The van der Waals surface area contributed by atoms with Crippen LogP contribution in [0.1, 0.15) is 67.6 Å². The highest BCUT2D eigenvalue weighted by molar-refractivity contribution is 7.90. The molecule has 0 bridgehead atoms. The Kier molecular flexibility index (Phi) is 6.49. The number of benzene rings is 1. The number of nitrogens with one attached hydrogen (secondary N) is 1. The number of unbranched alkanes of at least 4 members (excludes halogenated alkanes) is 1. The summed E-state index contributed by atoms with van der Waals surface area (Å²) in [6.07, 6.45) is 4.35. The molecule has 28 heavy (non-hydrogen) atoms. The van der Waals surface area contributed by atoms with E-state index in [1.807, 2.05) is 27.7 Å². The number of aryl methyl sites for hydroxylation is 1. The highest BCUT2D eigenvalue weighted by Gasteiger charge is 2.24. The summed E-state index contributed by atoms with van der Waals surface area (Å²) in [5.41, 5.74) is 2.91. The molecule has 0 aliphatic heterocycles. The molecule has 1 aromatic carbocycles. The summed E-state index contributed by atoms with van der Waals surface area (Å²) in [7, 11) is -3.47. The molecule has 0 aliphatic rings. The maximum Gasteiger partial charge on any atom is 0.277 e. The number of nitrogens with zero attached hydrogens (tertiary/aromatic N) is 1. The van der Waals surface area contributed by atoms with E-state index in [4.69, 9.17) is 0 Å². The van der Waals surface area contributed by atoms with Crippen molar-refractivity contribution in [3.8, 4) is 0 Å². The van der Waals surface area contributed by atoms with Crippen LogP contribution in [0.4, 0.5) is 0 Å². The lowest BCUT2D eigenvalue weighted by molar-refractivity contribution is 0.103. The van der Waals surface area contributed by atoms with Crippen molar-refractivity contribution < 1.29 is 13.2 Å². The van der Waals surface area contributed by atoms with Gasteiger partial charge < -0.3 is 5.10 Å². The van der Waals surface area contributed by atoms with Crippen molar-refractivity contribution in [2.75, 3.05) is 6.26 Å². The van der Waals surface area contributed by atoms with Crippen LogP contribution in [0, 0.1) is 6.92 Å². The van der Waals surface area contributed by atoms with Crippen LogP contribution in [0.25, 0.3) is 5.57 Å². The first-order valence-electron chi connectivity index (χ1n) is 9.31. The summed E-state index contributed by atoms with van der Waals surface area (Å²) in [4.78, 5) is 25.8. The van der Waals surface area contributed by atoms with Gasteiger partial charge in [-0.15, -0.1) is 0 Å². The molecule has 0 amide bonds. The molecule has 2 aromatic rings. The molecule has 0 aliphatic carbocycles. The van der Waals surface area contributed by atoms with Crippen molar-refractivity contribution in [3.05, 3.63) is 56.5 Å². The van der Waals surface area contributed by atoms with E-state index in [1.165, 1.54) is 23.0 Å². The van der Waals surface area contributed by atoms with Crippen LogP contribution in [0.2, 0.25) is 0 Å². The van der Waals surface area contributed by atoms with E-state index in [0.29, 0.717) is 23.2 Å². The van der Waals surface area contributed by atoms with Crippen LogP contribution in [-0.4, -0.2) is 30.2 Å². The second kappa shape index (κ2) is 8.31. The monoisotopic (exact) mass is 404 g/mol. The number of hydrogen-bond acceptors (Lipinski definition) is 4. The van der Waals surface area contributed by atoms with Gasteiger partial charge in [-0.05, 0) is 62.9 Å². The van der Waals surface area contributed by atoms with Gasteiger partial charge in [0.05, 0.1) is 4.90 Å². The van der Waals surface area contributed by atoms with E-state index in [1.54, 1.807) is 6.92 Å². The number of sulfone groups is 1. The molecule has 1 N–H and O–H groups in total. The largest absolute Gasteiger partial charge is 0.302 e. The van der Waals surface area contributed by atoms with Crippen LogP contribution < -0.4 is 5.56 Å². The van der Waals surface area contributed by atoms with E-state index in [2.05, 4.69) is 5.10 Å². The number of aromatic nitrogens is 2. The van der Waals surface area contributed by atoms with Crippen molar-refractivity contribution >= 4 is 21.2 Å². The molecule has 1 aromatic heterocycles. The zero-order chi connectivity index (χ0) is 21.2. The fraction of sp³-hybridized carbons (Fsp3) is 0.429. The molecule has 7 heteroatoms. The van der Waals surface area contributed by atoms with Crippen LogP contribution >= 0.6 is 0 Å². The van der Waals surface area contributed by atoms with Crippen LogP contribution in [-0.2, 0) is 16.4 Å². The minimum atomic E-state index is -3.47. The summed E-state index contributed by atoms with van der Waals surface area (Å²) in [5.74, 6) is -0.406. The molecule has 152 valence electrons. The second-order valence-electron chi connectivity index (χ2n) is 7.34. The second-order valence-corrected chi connectivity index (χ2v) is 9.32. The third-order valence-electron chi connectivity index (χ3n) is 5.02. The van der Waals surface area contributed by atoms with Crippen LogP contribution in [0.3, 0.4) is 0 Å². The average Bonchev–Trinajstić information content (AvgIpc) is 2.98. The molecule has 0 radical (unpaired) electrons. The average molecular weight is 405 g/mol. The molecular formula is C21H28N2O4S. The Balaban J connectivity index is 2.67. The highest BCUT2D eigenvalue weighted by Crippen LogP contribution is 2.31. The fourth-order valence-corrected chi connectivity index (χ4v) is 4.15. The molecule has 2 rings (SSSR count). The van der Waals surface area contributed by atoms with Crippen LogP contribution in [0.15, 0.2) is 33.6 Å².